The predicted octanol–water partition coefficient (Wildman–Crippen LogP) is 2.89. The third-order valence-corrected chi connectivity index (χ3v) is 4.65. The molecule has 0 fully saturated rings. The van der Waals surface area contributed by atoms with Crippen molar-refractivity contribution in [2.45, 2.75) is 10.9 Å². The second-order valence-electron chi connectivity index (χ2n) is 4.25. The van der Waals surface area contributed by atoms with E-state index in [2.05, 4.69) is 15.1 Å². The number of nitrogens with zero attached hydrogens (tertiary/aromatic N) is 4. The minimum Gasteiger partial charge on any atom is -0.285 e. The van der Waals surface area contributed by atoms with E-state index in [0.29, 0.717) is 21.0 Å². The molecule has 3 aromatic rings. The summed E-state index contributed by atoms with van der Waals surface area (Å²) in [6, 6.07) is 7.30. The number of rotatable bonds is 3. The molecule has 0 saturated carbocycles. The first-order valence-corrected chi connectivity index (χ1v) is 7.78. The topological polar surface area (TPSA) is 86.8 Å². The van der Waals surface area contributed by atoms with Crippen molar-refractivity contribution in [2.75, 3.05) is 0 Å². The zero-order chi connectivity index (χ0) is 15.7. The first kappa shape index (κ1) is 14.9. The summed E-state index contributed by atoms with van der Waals surface area (Å²) in [5.74, 6) is 0.481. The van der Waals surface area contributed by atoms with Crippen molar-refractivity contribution < 1.29 is 0 Å². The van der Waals surface area contributed by atoms with Gasteiger partial charge in [0.1, 0.15) is 11.6 Å². The number of nitriles is 1. The average molecular weight is 352 g/mol. The maximum Gasteiger partial charge on any atom is 0.350 e. The van der Waals surface area contributed by atoms with Crippen LogP contribution >= 0.6 is 35.0 Å². The van der Waals surface area contributed by atoms with Crippen molar-refractivity contribution in [3.63, 3.8) is 0 Å². The van der Waals surface area contributed by atoms with Crippen molar-refractivity contribution >= 4 is 40.6 Å². The van der Waals surface area contributed by atoms with Crippen molar-refractivity contribution in [2.24, 2.45) is 0 Å². The molecule has 0 amide bonds. The third-order valence-electron chi connectivity index (χ3n) is 2.87. The van der Waals surface area contributed by atoms with Crippen LogP contribution in [0.25, 0.3) is 5.65 Å². The fraction of sp³-hybridized carbons (Fsp3) is 0.0769. The molecule has 110 valence electrons. The summed E-state index contributed by atoms with van der Waals surface area (Å²) in [6.07, 6.45) is 1.31. The van der Waals surface area contributed by atoms with Crippen molar-refractivity contribution in [1.82, 2.24) is 19.6 Å². The van der Waals surface area contributed by atoms with E-state index in [4.69, 9.17) is 28.5 Å². The second kappa shape index (κ2) is 6.01. The highest BCUT2D eigenvalue weighted by Crippen LogP contribution is 2.29. The lowest BCUT2D eigenvalue weighted by Crippen LogP contribution is -2.19. The maximum atomic E-state index is 11.9. The Labute approximate surface area is 138 Å². The molecule has 1 aromatic carbocycles. The molecule has 0 bridgehead atoms. The third kappa shape index (κ3) is 2.68. The van der Waals surface area contributed by atoms with Crippen LogP contribution in [0.3, 0.4) is 0 Å². The summed E-state index contributed by atoms with van der Waals surface area (Å²) in [4.78, 5) is 18.7. The summed E-state index contributed by atoms with van der Waals surface area (Å²) in [7, 11) is 0. The number of aromatic nitrogens is 4. The van der Waals surface area contributed by atoms with Crippen LogP contribution in [0, 0.1) is 11.3 Å². The summed E-state index contributed by atoms with van der Waals surface area (Å²) >= 11 is 13.4. The Morgan fingerprint density at radius 3 is 3.00 bits per heavy atom. The highest BCUT2D eigenvalue weighted by molar-refractivity contribution is 7.98. The number of hydrogen-bond acceptors (Lipinski definition) is 5. The Kier molecular flexibility index (Phi) is 4.07. The molecule has 0 spiro atoms. The number of benzene rings is 1. The van der Waals surface area contributed by atoms with Crippen LogP contribution in [0.15, 0.2) is 34.3 Å². The summed E-state index contributed by atoms with van der Waals surface area (Å²) in [5.41, 5.74) is 0.849. The molecule has 6 nitrogen and oxygen atoms in total. The Balaban J connectivity index is 1.93. The van der Waals surface area contributed by atoms with Gasteiger partial charge in [-0.2, -0.15) is 14.9 Å². The van der Waals surface area contributed by atoms with E-state index in [-0.39, 0.29) is 11.2 Å². The normalized spacial score (nSPS) is 10.8. The van der Waals surface area contributed by atoms with Gasteiger partial charge in [0.15, 0.2) is 10.8 Å². The van der Waals surface area contributed by atoms with E-state index in [1.54, 1.807) is 12.1 Å². The Hall–Kier alpha value is -2.01. The zero-order valence-electron chi connectivity index (χ0n) is 10.9. The summed E-state index contributed by atoms with van der Waals surface area (Å²) in [6.45, 7) is 0. The molecule has 0 aliphatic carbocycles. The van der Waals surface area contributed by atoms with Gasteiger partial charge in [-0.1, -0.05) is 47.1 Å². The molecule has 0 unspecified atom stereocenters. The molecule has 0 radical (unpaired) electrons. The molecule has 22 heavy (non-hydrogen) atoms. The van der Waals surface area contributed by atoms with Crippen LogP contribution in [-0.2, 0) is 5.75 Å². The summed E-state index contributed by atoms with van der Waals surface area (Å²) < 4.78 is 1.05. The van der Waals surface area contributed by atoms with Crippen LogP contribution in [0.5, 0.6) is 0 Å². The van der Waals surface area contributed by atoms with Crippen LogP contribution in [0.2, 0.25) is 10.0 Å². The number of hydrogen-bond donors (Lipinski definition) is 1. The largest absolute Gasteiger partial charge is 0.350 e. The summed E-state index contributed by atoms with van der Waals surface area (Å²) in [5, 5.41) is 14.1. The quantitative estimate of drug-likeness (QED) is 0.733. The number of halogens is 2. The Morgan fingerprint density at radius 2 is 2.23 bits per heavy atom. The highest BCUT2D eigenvalue weighted by atomic mass is 35.5. The molecule has 0 aliphatic rings. The van der Waals surface area contributed by atoms with Crippen LogP contribution in [0.1, 0.15) is 11.1 Å². The van der Waals surface area contributed by atoms with Gasteiger partial charge in [-0.25, -0.2) is 9.78 Å². The second-order valence-corrected chi connectivity index (χ2v) is 6.00. The number of fused-ring (bicyclic) bond motifs is 1. The first-order valence-electron chi connectivity index (χ1n) is 6.04. The van der Waals surface area contributed by atoms with E-state index < -0.39 is 5.69 Å². The molecule has 0 saturated heterocycles. The van der Waals surface area contributed by atoms with Crippen molar-refractivity contribution in [3.05, 3.63) is 56.1 Å². The monoisotopic (exact) mass is 351 g/mol. The minimum atomic E-state index is -0.453. The lowest BCUT2D eigenvalue weighted by Gasteiger charge is -2.05. The number of nitrogens with one attached hydrogen (secondary N) is 1. The van der Waals surface area contributed by atoms with Gasteiger partial charge < -0.3 is 0 Å². The minimum absolute atomic E-state index is 0.228. The molecule has 9 heteroatoms. The maximum absolute atomic E-state index is 11.9. The number of thioether (sulfide) groups is 1. The van der Waals surface area contributed by atoms with E-state index in [9.17, 15) is 4.79 Å². The van der Waals surface area contributed by atoms with Gasteiger partial charge in [-0.05, 0) is 11.6 Å². The van der Waals surface area contributed by atoms with Crippen LogP contribution < -0.4 is 5.69 Å². The molecular weight excluding hydrogens is 345 g/mol. The van der Waals surface area contributed by atoms with E-state index in [0.717, 1.165) is 10.1 Å². The van der Waals surface area contributed by atoms with Crippen LogP contribution in [-0.4, -0.2) is 19.6 Å². The molecule has 0 atom stereocenters. The van der Waals surface area contributed by atoms with Crippen molar-refractivity contribution in [1.29, 1.82) is 5.26 Å². The van der Waals surface area contributed by atoms with Gasteiger partial charge in [0.05, 0.1) is 16.2 Å². The molecular formula is C13H7Cl2N5OS. The molecule has 3 rings (SSSR count). The first-order chi connectivity index (χ1) is 10.6. The zero-order valence-corrected chi connectivity index (χ0v) is 13.2. The lowest BCUT2D eigenvalue weighted by atomic mass is 10.2. The van der Waals surface area contributed by atoms with Gasteiger partial charge in [0.2, 0.25) is 0 Å². The lowest BCUT2D eigenvalue weighted by molar-refractivity contribution is 0.786. The molecule has 1 N–H and O–H groups in total. The number of H-pyrrole nitrogens is 1. The fourth-order valence-corrected chi connectivity index (χ4v) is 3.13. The molecule has 2 aromatic heterocycles. The van der Waals surface area contributed by atoms with Gasteiger partial charge in [0, 0.05) is 5.75 Å². The molecule has 0 aliphatic heterocycles. The van der Waals surface area contributed by atoms with Gasteiger partial charge in [0.25, 0.3) is 0 Å². The van der Waals surface area contributed by atoms with Gasteiger partial charge >= 0.3 is 5.69 Å². The SMILES string of the molecule is N#Cc1cnn2c(=O)[nH]c(SCc3cccc(Cl)c3Cl)nc12. The standard InChI is InChI=1S/C13H7Cl2N5OS/c14-9-3-1-2-7(10(9)15)6-22-12-18-11-8(4-16)5-17-20(11)13(21)19-12/h1-3,5H,6H2,(H,18,19,21). The Bertz CT molecular complexity index is 959. The number of aromatic amines is 1. The van der Waals surface area contributed by atoms with Gasteiger partial charge in [-0.15, -0.1) is 0 Å². The average Bonchev–Trinajstić information content (AvgIpc) is 2.92. The van der Waals surface area contributed by atoms with Crippen molar-refractivity contribution in [3.8, 4) is 6.07 Å². The van der Waals surface area contributed by atoms with E-state index in [1.165, 1.54) is 18.0 Å². The molecule has 2 heterocycles. The Morgan fingerprint density at radius 1 is 1.41 bits per heavy atom. The van der Waals surface area contributed by atoms with E-state index in [1.807, 2.05) is 12.1 Å². The smallest absolute Gasteiger partial charge is 0.285 e. The van der Waals surface area contributed by atoms with E-state index >= 15 is 0 Å². The highest BCUT2D eigenvalue weighted by Gasteiger charge is 2.11. The van der Waals surface area contributed by atoms with Gasteiger partial charge in [-0.3, -0.25) is 4.98 Å². The predicted molar refractivity (Wildman–Crippen MR) is 84.3 cm³/mol. The van der Waals surface area contributed by atoms with Crippen LogP contribution in [0.4, 0.5) is 0 Å². The fourth-order valence-electron chi connectivity index (χ4n) is 1.82.